The Bertz CT molecular complexity index is 818. The van der Waals surface area contributed by atoms with E-state index in [-0.39, 0.29) is 5.82 Å². The lowest BCUT2D eigenvalue weighted by Crippen LogP contribution is -1.90. The van der Waals surface area contributed by atoms with Crippen molar-refractivity contribution in [3.05, 3.63) is 47.9 Å². The van der Waals surface area contributed by atoms with Gasteiger partial charge in [-0.1, -0.05) is 12.1 Å². The molecule has 0 aliphatic carbocycles. The number of fused-ring (bicyclic) bond motifs is 1. The molecular formula is C15H9FN2OS. The van der Waals surface area contributed by atoms with E-state index in [0.717, 1.165) is 15.8 Å². The quantitative estimate of drug-likeness (QED) is 0.715. The fourth-order valence-corrected chi connectivity index (χ4v) is 2.93. The molecule has 0 aliphatic rings. The number of nitriles is 1. The second-order valence-corrected chi connectivity index (χ2v) is 5.00. The number of ether oxygens (including phenoxy) is 1. The van der Waals surface area contributed by atoms with Gasteiger partial charge < -0.3 is 4.74 Å². The zero-order valence-corrected chi connectivity index (χ0v) is 11.4. The number of benzene rings is 2. The van der Waals surface area contributed by atoms with Crippen LogP contribution < -0.4 is 4.74 Å². The summed E-state index contributed by atoms with van der Waals surface area (Å²) in [7, 11) is 1.51. The highest BCUT2D eigenvalue weighted by Crippen LogP contribution is 2.40. The number of hydrogen-bond donors (Lipinski definition) is 0. The van der Waals surface area contributed by atoms with Crippen LogP contribution in [0.15, 0.2) is 36.5 Å². The first kappa shape index (κ1) is 12.6. The number of nitrogens with zero attached hydrogens (tertiary/aromatic N) is 2. The minimum absolute atomic E-state index is 0.344. The Morgan fingerprint density at radius 1 is 1.30 bits per heavy atom. The summed E-state index contributed by atoms with van der Waals surface area (Å²) >= 11 is 1.23. The lowest BCUT2D eigenvalue weighted by molar-refractivity contribution is 0.414. The molecule has 1 heterocycles. The first-order valence-corrected chi connectivity index (χ1v) is 6.63. The topological polar surface area (TPSA) is 45.9 Å². The molecule has 0 saturated carbocycles. The smallest absolute Gasteiger partial charge is 0.137 e. The zero-order chi connectivity index (χ0) is 14.1. The third-order valence-electron chi connectivity index (χ3n) is 3.08. The van der Waals surface area contributed by atoms with Crippen molar-refractivity contribution in [1.82, 2.24) is 4.37 Å². The van der Waals surface area contributed by atoms with Gasteiger partial charge in [0.1, 0.15) is 11.6 Å². The first-order valence-electron chi connectivity index (χ1n) is 5.86. The van der Waals surface area contributed by atoms with Crippen molar-refractivity contribution in [1.29, 1.82) is 5.26 Å². The molecule has 0 fully saturated rings. The van der Waals surface area contributed by atoms with Gasteiger partial charge in [0, 0.05) is 17.0 Å². The molecular weight excluding hydrogens is 275 g/mol. The fourth-order valence-electron chi connectivity index (χ4n) is 2.11. The van der Waals surface area contributed by atoms with Crippen LogP contribution in [0.3, 0.4) is 0 Å². The molecule has 0 radical (unpaired) electrons. The highest BCUT2D eigenvalue weighted by molar-refractivity contribution is 7.14. The van der Waals surface area contributed by atoms with Gasteiger partial charge in [-0.05, 0) is 29.2 Å². The summed E-state index contributed by atoms with van der Waals surface area (Å²) in [6.07, 6.45) is 1.52. The van der Waals surface area contributed by atoms with E-state index in [2.05, 4.69) is 10.4 Å². The van der Waals surface area contributed by atoms with Crippen LogP contribution in [0.2, 0.25) is 0 Å². The lowest BCUT2D eigenvalue weighted by atomic mass is 10.0. The first-order chi connectivity index (χ1) is 9.74. The molecule has 98 valence electrons. The molecule has 0 spiro atoms. The molecule has 1 aromatic heterocycles. The van der Waals surface area contributed by atoms with Crippen molar-refractivity contribution in [3.63, 3.8) is 0 Å². The van der Waals surface area contributed by atoms with Crippen molar-refractivity contribution in [2.75, 3.05) is 7.11 Å². The average Bonchev–Trinajstić information content (AvgIpc) is 2.97. The fraction of sp³-hybridized carbons (Fsp3) is 0.0667. The normalized spacial score (nSPS) is 10.4. The second kappa shape index (κ2) is 4.91. The third-order valence-corrected chi connectivity index (χ3v) is 3.90. The molecule has 0 unspecified atom stereocenters. The number of halogens is 1. The predicted molar refractivity (Wildman–Crippen MR) is 76.3 cm³/mol. The molecule has 0 saturated heterocycles. The van der Waals surface area contributed by atoms with E-state index in [9.17, 15) is 4.39 Å². The van der Waals surface area contributed by atoms with Crippen LogP contribution in [0, 0.1) is 17.1 Å². The second-order valence-electron chi connectivity index (χ2n) is 4.19. The van der Waals surface area contributed by atoms with Gasteiger partial charge in [-0.3, -0.25) is 0 Å². The molecule has 5 heteroatoms. The molecule has 0 bridgehead atoms. The summed E-state index contributed by atoms with van der Waals surface area (Å²) in [5, 5.41) is 9.32. The van der Waals surface area contributed by atoms with Gasteiger partial charge in [0.25, 0.3) is 0 Å². The lowest BCUT2D eigenvalue weighted by Gasteiger charge is -2.10. The van der Waals surface area contributed by atoms with Crippen molar-refractivity contribution < 1.29 is 9.13 Å². The predicted octanol–water partition coefficient (Wildman–Crippen LogP) is 3.98. The number of aromatic nitrogens is 1. The highest BCUT2D eigenvalue weighted by atomic mass is 32.1. The summed E-state index contributed by atoms with van der Waals surface area (Å²) in [6.45, 7) is 0. The Balaban J connectivity index is 2.30. The summed E-state index contributed by atoms with van der Waals surface area (Å²) in [5.41, 5.74) is 2.25. The van der Waals surface area contributed by atoms with Gasteiger partial charge in [0.15, 0.2) is 0 Å². The standard InChI is InChI=1S/C15H9FN2OS/c1-19-13-6-12(16)11-8-18-20-15(11)14(13)10-4-2-9(7-17)3-5-10/h2-6,8H,1H3. The van der Waals surface area contributed by atoms with Gasteiger partial charge >= 0.3 is 0 Å². The van der Waals surface area contributed by atoms with E-state index >= 15 is 0 Å². The Labute approximate surface area is 119 Å². The van der Waals surface area contributed by atoms with Crippen LogP contribution in [0.25, 0.3) is 21.2 Å². The minimum Gasteiger partial charge on any atom is -0.496 e. The minimum atomic E-state index is -0.344. The van der Waals surface area contributed by atoms with Crippen molar-refractivity contribution in [3.8, 4) is 22.9 Å². The summed E-state index contributed by atoms with van der Waals surface area (Å²) in [6, 6.07) is 10.5. The molecule has 20 heavy (non-hydrogen) atoms. The molecule has 2 aromatic carbocycles. The third kappa shape index (κ3) is 1.91. The van der Waals surface area contributed by atoms with E-state index in [1.165, 1.54) is 30.9 Å². The van der Waals surface area contributed by atoms with Crippen molar-refractivity contribution in [2.24, 2.45) is 0 Å². The Morgan fingerprint density at radius 3 is 2.70 bits per heavy atom. The largest absolute Gasteiger partial charge is 0.496 e. The highest BCUT2D eigenvalue weighted by Gasteiger charge is 2.16. The molecule has 0 aliphatic heterocycles. The van der Waals surface area contributed by atoms with E-state index < -0.39 is 0 Å². The molecule has 3 aromatic rings. The van der Waals surface area contributed by atoms with Gasteiger partial charge in [-0.2, -0.15) is 9.64 Å². The zero-order valence-electron chi connectivity index (χ0n) is 10.6. The average molecular weight is 284 g/mol. The number of methoxy groups -OCH3 is 1. The van der Waals surface area contributed by atoms with Crippen LogP contribution >= 0.6 is 11.5 Å². The maximum atomic E-state index is 13.9. The van der Waals surface area contributed by atoms with Crippen molar-refractivity contribution in [2.45, 2.75) is 0 Å². The van der Waals surface area contributed by atoms with Crippen LogP contribution in [0.5, 0.6) is 5.75 Å². The monoisotopic (exact) mass is 284 g/mol. The van der Waals surface area contributed by atoms with Gasteiger partial charge in [0.05, 0.1) is 29.6 Å². The maximum Gasteiger partial charge on any atom is 0.137 e. The van der Waals surface area contributed by atoms with Crippen LogP contribution in [-0.2, 0) is 0 Å². The van der Waals surface area contributed by atoms with Crippen LogP contribution in [-0.4, -0.2) is 11.5 Å². The van der Waals surface area contributed by atoms with Crippen molar-refractivity contribution >= 4 is 21.6 Å². The molecule has 3 rings (SSSR count). The Morgan fingerprint density at radius 2 is 2.05 bits per heavy atom. The van der Waals surface area contributed by atoms with Crippen LogP contribution in [0.4, 0.5) is 4.39 Å². The van der Waals surface area contributed by atoms with Crippen LogP contribution in [0.1, 0.15) is 5.56 Å². The number of rotatable bonds is 2. The maximum absolute atomic E-state index is 13.9. The van der Waals surface area contributed by atoms with E-state index in [1.807, 2.05) is 12.1 Å². The van der Waals surface area contributed by atoms with Gasteiger partial charge in [-0.25, -0.2) is 4.39 Å². The van der Waals surface area contributed by atoms with Gasteiger partial charge in [0.2, 0.25) is 0 Å². The Kier molecular flexibility index (Phi) is 3.09. The summed E-state index contributed by atoms with van der Waals surface area (Å²) in [5.74, 6) is 0.118. The number of hydrogen-bond acceptors (Lipinski definition) is 4. The summed E-state index contributed by atoms with van der Waals surface area (Å²) < 4.78 is 24.0. The molecule has 0 atom stereocenters. The summed E-state index contributed by atoms with van der Waals surface area (Å²) in [4.78, 5) is 0. The SMILES string of the molecule is COc1cc(F)c2cnsc2c1-c1ccc(C#N)cc1. The van der Waals surface area contributed by atoms with E-state index in [4.69, 9.17) is 10.00 Å². The van der Waals surface area contributed by atoms with E-state index in [0.29, 0.717) is 16.7 Å². The Hall–Kier alpha value is -2.45. The molecule has 0 amide bonds. The van der Waals surface area contributed by atoms with E-state index in [1.54, 1.807) is 12.1 Å². The molecule has 0 N–H and O–H groups in total. The molecule has 3 nitrogen and oxygen atoms in total. The van der Waals surface area contributed by atoms with Gasteiger partial charge in [-0.15, -0.1) is 0 Å².